The van der Waals surface area contributed by atoms with Gasteiger partial charge in [0, 0.05) is 19.7 Å². The molecule has 0 aromatic heterocycles. The summed E-state index contributed by atoms with van der Waals surface area (Å²) in [6.45, 7) is 5.13. The molecule has 0 amide bonds. The SMILES string of the molecule is CC1CN(N)CC2(CCCO2)C1. The van der Waals surface area contributed by atoms with Crippen LogP contribution in [0.2, 0.25) is 0 Å². The van der Waals surface area contributed by atoms with Crippen molar-refractivity contribution in [3.05, 3.63) is 0 Å². The quantitative estimate of drug-likeness (QED) is 0.545. The van der Waals surface area contributed by atoms with Crippen LogP contribution >= 0.6 is 0 Å². The van der Waals surface area contributed by atoms with Crippen LogP contribution in [-0.2, 0) is 4.74 Å². The van der Waals surface area contributed by atoms with E-state index in [0.29, 0.717) is 5.92 Å². The molecule has 0 bridgehead atoms. The van der Waals surface area contributed by atoms with Crippen molar-refractivity contribution in [2.24, 2.45) is 11.8 Å². The Hall–Kier alpha value is -0.120. The molecule has 0 aliphatic carbocycles. The fraction of sp³-hybridized carbons (Fsp3) is 1.00. The van der Waals surface area contributed by atoms with Gasteiger partial charge in [0.05, 0.1) is 5.60 Å². The average Bonchev–Trinajstić information content (AvgIpc) is 2.33. The summed E-state index contributed by atoms with van der Waals surface area (Å²) in [5.41, 5.74) is 0.117. The van der Waals surface area contributed by atoms with Crippen LogP contribution in [0.5, 0.6) is 0 Å². The highest BCUT2D eigenvalue weighted by Gasteiger charge is 2.40. The van der Waals surface area contributed by atoms with E-state index in [2.05, 4.69) is 6.92 Å². The van der Waals surface area contributed by atoms with Crippen LogP contribution in [0.15, 0.2) is 0 Å². The number of nitrogens with two attached hydrogens (primary N) is 1. The second-order valence-corrected chi connectivity index (χ2v) is 4.37. The zero-order valence-electron chi connectivity index (χ0n) is 7.75. The van der Waals surface area contributed by atoms with Crippen LogP contribution in [0, 0.1) is 5.92 Å². The zero-order chi connectivity index (χ0) is 8.60. The van der Waals surface area contributed by atoms with E-state index >= 15 is 0 Å². The Balaban J connectivity index is 2.04. The lowest BCUT2D eigenvalue weighted by Gasteiger charge is -2.40. The van der Waals surface area contributed by atoms with Gasteiger partial charge in [-0.3, -0.25) is 5.84 Å². The molecule has 0 saturated carbocycles. The first kappa shape index (κ1) is 8.48. The van der Waals surface area contributed by atoms with Crippen molar-refractivity contribution in [2.45, 2.75) is 31.8 Å². The number of piperidine rings is 1. The summed E-state index contributed by atoms with van der Waals surface area (Å²) in [6, 6.07) is 0. The van der Waals surface area contributed by atoms with Crippen molar-refractivity contribution in [3.8, 4) is 0 Å². The molecule has 2 saturated heterocycles. The van der Waals surface area contributed by atoms with E-state index in [4.69, 9.17) is 10.6 Å². The number of rotatable bonds is 0. The minimum atomic E-state index is 0.117. The van der Waals surface area contributed by atoms with Crippen molar-refractivity contribution in [1.82, 2.24) is 5.01 Å². The van der Waals surface area contributed by atoms with Crippen LogP contribution in [0.25, 0.3) is 0 Å². The number of hydrogen-bond acceptors (Lipinski definition) is 3. The summed E-state index contributed by atoms with van der Waals surface area (Å²) in [5, 5.41) is 1.92. The summed E-state index contributed by atoms with van der Waals surface area (Å²) < 4.78 is 5.80. The Morgan fingerprint density at radius 3 is 3.00 bits per heavy atom. The minimum absolute atomic E-state index is 0.117. The molecule has 0 radical (unpaired) electrons. The van der Waals surface area contributed by atoms with Gasteiger partial charge >= 0.3 is 0 Å². The first-order chi connectivity index (χ1) is 5.70. The van der Waals surface area contributed by atoms with Crippen LogP contribution in [-0.4, -0.2) is 30.3 Å². The molecular formula is C9H18N2O. The van der Waals surface area contributed by atoms with E-state index < -0.39 is 0 Å². The van der Waals surface area contributed by atoms with Gasteiger partial charge in [0.1, 0.15) is 0 Å². The first-order valence-corrected chi connectivity index (χ1v) is 4.84. The number of hydrazine groups is 1. The van der Waals surface area contributed by atoms with E-state index in [1.54, 1.807) is 0 Å². The molecule has 2 aliphatic heterocycles. The summed E-state index contributed by atoms with van der Waals surface area (Å²) in [7, 11) is 0. The van der Waals surface area contributed by atoms with Crippen molar-refractivity contribution in [1.29, 1.82) is 0 Å². The Kier molecular flexibility index (Phi) is 2.10. The van der Waals surface area contributed by atoms with Crippen LogP contribution in [0.1, 0.15) is 26.2 Å². The van der Waals surface area contributed by atoms with Gasteiger partial charge in [0.15, 0.2) is 0 Å². The standard InChI is InChI=1S/C9H18N2O/c1-8-5-9(3-2-4-12-9)7-11(10)6-8/h8H,2-7,10H2,1H3. The van der Waals surface area contributed by atoms with E-state index in [1.165, 1.54) is 19.3 Å². The van der Waals surface area contributed by atoms with E-state index in [1.807, 2.05) is 5.01 Å². The molecule has 3 heteroatoms. The fourth-order valence-electron chi connectivity index (χ4n) is 2.64. The normalized spacial score (nSPS) is 44.0. The van der Waals surface area contributed by atoms with E-state index in [9.17, 15) is 0 Å². The van der Waals surface area contributed by atoms with Gasteiger partial charge < -0.3 is 4.74 Å². The molecular weight excluding hydrogens is 152 g/mol. The Morgan fingerprint density at radius 2 is 2.42 bits per heavy atom. The third-order valence-electron chi connectivity index (χ3n) is 2.94. The summed E-state index contributed by atoms with van der Waals surface area (Å²) >= 11 is 0. The fourth-order valence-corrected chi connectivity index (χ4v) is 2.64. The average molecular weight is 170 g/mol. The lowest BCUT2D eigenvalue weighted by molar-refractivity contribution is -0.0675. The van der Waals surface area contributed by atoms with Crippen molar-refractivity contribution >= 4 is 0 Å². The maximum atomic E-state index is 5.83. The molecule has 2 aliphatic rings. The third kappa shape index (κ3) is 1.49. The van der Waals surface area contributed by atoms with Gasteiger partial charge in [0.2, 0.25) is 0 Å². The Labute approximate surface area is 73.8 Å². The van der Waals surface area contributed by atoms with Crippen molar-refractivity contribution in [2.75, 3.05) is 19.7 Å². The molecule has 3 nitrogen and oxygen atoms in total. The topological polar surface area (TPSA) is 38.5 Å². The third-order valence-corrected chi connectivity index (χ3v) is 2.94. The number of hydrogen-bond donors (Lipinski definition) is 1. The molecule has 70 valence electrons. The molecule has 12 heavy (non-hydrogen) atoms. The van der Waals surface area contributed by atoms with Gasteiger partial charge in [-0.1, -0.05) is 6.92 Å². The monoisotopic (exact) mass is 170 g/mol. The Morgan fingerprint density at radius 1 is 1.58 bits per heavy atom. The van der Waals surface area contributed by atoms with Crippen molar-refractivity contribution < 1.29 is 4.74 Å². The summed E-state index contributed by atoms with van der Waals surface area (Å²) in [4.78, 5) is 0. The lowest BCUT2D eigenvalue weighted by atomic mass is 9.85. The molecule has 2 N–H and O–H groups in total. The molecule has 2 rings (SSSR count). The van der Waals surface area contributed by atoms with Gasteiger partial charge in [-0.15, -0.1) is 0 Å². The Bertz CT molecular complexity index is 154. The van der Waals surface area contributed by atoms with Gasteiger partial charge in [0.25, 0.3) is 0 Å². The smallest absolute Gasteiger partial charge is 0.0826 e. The lowest BCUT2D eigenvalue weighted by Crippen LogP contribution is -2.53. The second kappa shape index (κ2) is 2.98. The maximum absolute atomic E-state index is 5.83. The first-order valence-electron chi connectivity index (χ1n) is 4.84. The van der Waals surface area contributed by atoms with E-state index in [-0.39, 0.29) is 5.60 Å². The molecule has 2 fully saturated rings. The molecule has 0 aromatic rings. The molecule has 2 unspecified atom stereocenters. The second-order valence-electron chi connectivity index (χ2n) is 4.37. The van der Waals surface area contributed by atoms with Crippen LogP contribution < -0.4 is 5.84 Å². The number of nitrogens with zero attached hydrogens (tertiary/aromatic N) is 1. The highest BCUT2D eigenvalue weighted by Crippen LogP contribution is 2.35. The molecule has 0 aromatic carbocycles. The van der Waals surface area contributed by atoms with Gasteiger partial charge in [-0.2, -0.15) is 0 Å². The largest absolute Gasteiger partial charge is 0.374 e. The molecule has 2 atom stereocenters. The summed E-state index contributed by atoms with van der Waals surface area (Å²) in [6.07, 6.45) is 3.60. The molecule has 2 heterocycles. The van der Waals surface area contributed by atoms with Crippen molar-refractivity contribution in [3.63, 3.8) is 0 Å². The number of ether oxygens (including phenoxy) is 1. The van der Waals surface area contributed by atoms with Gasteiger partial charge in [-0.05, 0) is 25.2 Å². The molecule has 1 spiro atoms. The van der Waals surface area contributed by atoms with Crippen LogP contribution in [0.3, 0.4) is 0 Å². The zero-order valence-corrected chi connectivity index (χ0v) is 7.75. The minimum Gasteiger partial charge on any atom is -0.374 e. The summed E-state index contributed by atoms with van der Waals surface area (Å²) in [5.74, 6) is 6.52. The highest BCUT2D eigenvalue weighted by molar-refractivity contribution is 4.92. The van der Waals surface area contributed by atoms with Gasteiger partial charge in [-0.25, -0.2) is 5.01 Å². The maximum Gasteiger partial charge on any atom is 0.0826 e. The van der Waals surface area contributed by atoms with Crippen LogP contribution in [0.4, 0.5) is 0 Å². The predicted molar refractivity (Wildman–Crippen MR) is 47.5 cm³/mol. The van der Waals surface area contributed by atoms with E-state index in [0.717, 1.165) is 19.7 Å². The highest BCUT2D eigenvalue weighted by atomic mass is 16.5. The predicted octanol–water partition coefficient (Wildman–Crippen LogP) is 0.751.